The number of anilines is 1. The van der Waals surface area contributed by atoms with Crippen LogP contribution in [-0.2, 0) is 0 Å². The zero-order chi connectivity index (χ0) is 16.2. The van der Waals surface area contributed by atoms with Crippen LogP contribution in [-0.4, -0.2) is 32.6 Å². The molecule has 0 aliphatic carbocycles. The lowest BCUT2D eigenvalue weighted by Crippen LogP contribution is -2.11. The number of aromatic nitrogens is 3. The summed E-state index contributed by atoms with van der Waals surface area (Å²) in [6.07, 6.45) is 6.28. The molecule has 0 aliphatic heterocycles. The third-order valence-electron chi connectivity index (χ3n) is 3.76. The largest absolute Gasteiger partial charge is 0.396 e. The summed E-state index contributed by atoms with van der Waals surface area (Å²) in [5.74, 6) is 0.648. The van der Waals surface area contributed by atoms with E-state index in [-0.39, 0.29) is 18.3 Å². The molecular formula is C17H19FN4O. The molecule has 1 unspecified atom stereocenters. The molecule has 3 rings (SSSR count). The number of halogens is 1. The van der Waals surface area contributed by atoms with Gasteiger partial charge >= 0.3 is 0 Å². The van der Waals surface area contributed by atoms with Crippen molar-refractivity contribution in [1.82, 2.24) is 14.4 Å². The Balaban J connectivity index is 1.90. The summed E-state index contributed by atoms with van der Waals surface area (Å²) >= 11 is 0. The summed E-state index contributed by atoms with van der Waals surface area (Å²) in [7, 11) is 0. The van der Waals surface area contributed by atoms with Crippen LogP contribution in [0.1, 0.15) is 13.3 Å². The standard InChI is InChI=1S/C17H19FN4O/c1-12(11-23)6-7-19-16-17-20-8-9-22(17)10-15(21-16)13-2-4-14(18)5-3-13/h2-5,8-10,12,23H,6-7,11H2,1H3,(H,19,21). The van der Waals surface area contributed by atoms with Crippen LogP contribution < -0.4 is 5.32 Å². The number of rotatable bonds is 6. The molecular weight excluding hydrogens is 295 g/mol. The van der Waals surface area contributed by atoms with E-state index < -0.39 is 0 Å². The average molecular weight is 314 g/mol. The number of imidazole rings is 1. The van der Waals surface area contributed by atoms with Gasteiger partial charge in [-0.05, 0) is 36.6 Å². The van der Waals surface area contributed by atoms with Gasteiger partial charge in [0.15, 0.2) is 11.5 Å². The molecule has 1 atom stereocenters. The zero-order valence-electron chi connectivity index (χ0n) is 12.9. The highest BCUT2D eigenvalue weighted by Gasteiger charge is 2.09. The zero-order valence-corrected chi connectivity index (χ0v) is 12.9. The highest BCUT2D eigenvalue weighted by Crippen LogP contribution is 2.22. The number of fused-ring (bicyclic) bond motifs is 1. The van der Waals surface area contributed by atoms with Crippen molar-refractivity contribution < 1.29 is 9.50 Å². The molecule has 2 heterocycles. The Labute approximate surface area is 133 Å². The smallest absolute Gasteiger partial charge is 0.180 e. The molecule has 2 aromatic heterocycles. The van der Waals surface area contributed by atoms with Crippen molar-refractivity contribution in [3.05, 3.63) is 48.7 Å². The van der Waals surface area contributed by atoms with Gasteiger partial charge in [-0.25, -0.2) is 14.4 Å². The van der Waals surface area contributed by atoms with Crippen LogP contribution in [0.15, 0.2) is 42.9 Å². The van der Waals surface area contributed by atoms with Gasteiger partial charge < -0.3 is 14.8 Å². The molecule has 0 fully saturated rings. The van der Waals surface area contributed by atoms with Gasteiger partial charge in [-0.2, -0.15) is 0 Å². The summed E-state index contributed by atoms with van der Waals surface area (Å²) in [6, 6.07) is 6.26. The lowest BCUT2D eigenvalue weighted by atomic mass is 10.1. The van der Waals surface area contributed by atoms with E-state index >= 15 is 0 Å². The summed E-state index contributed by atoms with van der Waals surface area (Å²) < 4.78 is 15.0. The molecule has 0 bridgehead atoms. The van der Waals surface area contributed by atoms with Crippen molar-refractivity contribution in [2.75, 3.05) is 18.5 Å². The maximum Gasteiger partial charge on any atom is 0.180 e. The first-order chi connectivity index (χ1) is 11.2. The minimum atomic E-state index is -0.270. The van der Waals surface area contributed by atoms with Crippen LogP contribution in [0.5, 0.6) is 0 Å². The van der Waals surface area contributed by atoms with Gasteiger partial charge in [-0.1, -0.05) is 6.92 Å². The maximum absolute atomic E-state index is 13.1. The normalized spacial score (nSPS) is 12.5. The minimum absolute atomic E-state index is 0.170. The molecule has 3 aromatic rings. The van der Waals surface area contributed by atoms with E-state index in [4.69, 9.17) is 5.11 Å². The first-order valence-corrected chi connectivity index (χ1v) is 7.62. The van der Waals surface area contributed by atoms with Gasteiger partial charge in [-0.15, -0.1) is 0 Å². The SMILES string of the molecule is CC(CO)CCNc1nc(-c2ccc(F)cc2)cn2ccnc12. The molecule has 0 saturated carbocycles. The third-order valence-corrected chi connectivity index (χ3v) is 3.76. The van der Waals surface area contributed by atoms with E-state index in [1.165, 1.54) is 12.1 Å². The molecule has 120 valence electrons. The number of benzene rings is 1. The molecule has 0 radical (unpaired) electrons. The molecule has 0 aliphatic rings. The van der Waals surface area contributed by atoms with Gasteiger partial charge in [0, 0.05) is 37.3 Å². The first-order valence-electron chi connectivity index (χ1n) is 7.62. The average Bonchev–Trinajstić information content (AvgIpc) is 3.04. The molecule has 6 heteroatoms. The van der Waals surface area contributed by atoms with E-state index in [1.807, 2.05) is 23.7 Å². The Morgan fingerprint density at radius 1 is 1.30 bits per heavy atom. The van der Waals surface area contributed by atoms with Crippen LogP contribution >= 0.6 is 0 Å². The number of nitrogens with one attached hydrogen (secondary N) is 1. The second-order valence-corrected chi connectivity index (χ2v) is 5.64. The molecule has 23 heavy (non-hydrogen) atoms. The van der Waals surface area contributed by atoms with Crippen LogP contribution in [0.2, 0.25) is 0 Å². The van der Waals surface area contributed by atoms with Gasteiger partial charge in [0.2, 0.25) is 0 Å². The fourth-order valence-electron chi connectivity index (χ4n) is 2.34. The van der Waals surface area contributed by atoms with Gasteiger partial charge in [0.25, 0.3) is 0 Å². The Kier molecular flexibility index (Phi) is 4.52. The maximum atomic E-state index is 13.1. The van der Waals surface area contributed by atoms with Crippen molar-refractivity contribution in [3.8, 4) is 11.3 Å². The van der Waals surface area contributed by atoms with Gasteiger partial charge in [0.1, 0.15) is 5.82 Å². The topological polar surface area (TPSA) is 62.5 Å². The van der Waals surface area contributed by atoms with Crippen LogP contribution in [0.25, 0.3) is 16.9 Å². The Bertz CT molecular complexity index is 785. The van der Waals surface area contributed by atoms with Crippen LogP contribution in [0.3, 0.4) is 0 Å². The predicted octanol–water partition coefficient (Wildman–Crippen LogP) is 2.97. The molecule has 5 nitrogen and oxygen atoms in total. The van der Waals surface area contributed by atoms with Crippen molar-refractivity contribution in [3.63, 3.8) is 0 Å². The first kappa shape index (κ1) is 15.4. The van der Waals surface area contributed by atoms with E-state index in [2.05, 4.69) is 15.3 Å². The summed E-state index contributed by atoms with van der Waals surface area (Å²) in [5.41, 5.74) is 2.33. The van der Waals surface area contributed by atoms with Crippen molar-refractivity contribution in [2.24, 2.45) is 5.92 Å². The van der Waals surface area contributed by atoms with Gasteiger partial charge in [-0.3, -0.25) is 0 Å². The lowest BCUT2D eigenvalue weighted by molar-refractivity contribution is 0.233. The summed E-state index contributed by atoms with van der Waals surface area (Å²) in [4.78, 5) is 8.93. The van der Waals surface area contributed by atoms with Gasteiger partial charge in [0.05, 0.1) is 5.69 Å². The molecule has 0 amide bonds. The number of aliphatic hydroxyl groups excluding tert-OH is 1. The summed E-state index contributed by atoms with van der Waals surface area (Å²) in [6.45, 7) is 2.86. The molecule has 0 spiro atoms. The molecule has 2 N–H and O–H groups in total. The number of nitrogens with zero attached hydrogens (tertiary/aromatic N) is 3. The fraction of sp³-hybridized carbons (Fsp3) is 0.294. The highest BCUT2D eigenvalue weighted by atomic mass is 19.1. The second-order valence-electron chi connectivity index (χ2n) is 5.64. The van der Waals surface area contributed by atoms with E-state index in [0.29, 0.717) is 12.4 Å². The third kappa shape index (κ3) is 3.48. The summed E-state index contributed by atoms with van der Waals surface area (Å²) in [5, 5.41) is 12.4. The predicted molar refractivity (Wildman–Crippen MR) is 87.7 cm³/mol. The van der Waals surface area contributed by atoms with Crippen molar-refractivity contribution >= 4 is 11.5 Å². The van der Waals surface area contributed by atoms with Crippen LogP contribution in [0.4, 0.5) is 10.2 Å². The van der Waals surface area contributed by atoms with Crippen molar-refractivity contribution in [1.29, 1.82) is 0 Å². The quantitative estimate of drug-likeness (QED) is 0.734. The Morgan fingerprint density at radius 2 is 2.09 bits per heavy atom. The Hall–Kier alpha value is -2.47. The number of aliphatic hydroxyl groups is 1. The highest BCUT2D eigenvalue weighted by molar-refractivity contribution is 5.69. The minimum Gasteiger partial charge on any atom is -0.396 e. The van der Waals surface area contributed by atoms with Crippen molar-refractivity contribution in [2.45, 2.75) is 13.3 Å². The second kappa shape index (κ2) is 6.75. The Morgan fingerprint density at radius 3 is 2.83 bits per heavy atom. The molecule has 0 saturated heterocycles. The number of hydrogen-bond donors (Lipinski definition) is 2. The van der Waals surface area contributed by atoms with E-state index in [0.717, 1.165) is 23.3 Å². The van der Waals surface area contributed by atoms with E-state index in [9.17, 15) is 4.39 Å². The fourth-order valence-corrected chi connectivity index (χ4v) is 2.34. The lowest BCUT2D eigenvalue weighted by Gasteiger charge is -2.12. The molecule has 1 aromatic carbocycles. The monoisotopic (exact) mass is 314 g/mol. The van der Waals surface area contributed by atoms with Crippen LogP contribution in [0, 0.1) is 11.7 Å². The number of hydrogen-bond acceptors (Lipinski definition) is 4. The van der Waals surface area contributed by atoms with E-state index in [1.54, 1.807) is 18.3 Å².